The maximum Gasteiger partial charge on any atom is 0.230 e. The number of carbonyl (C=O) groups is 1. The van der Waals surface area contributed by atoms with Gasteiger partial charge in [-0.1, -0.05) is 0 Å². The zero-order valence-corrected chi connectivity index (χ0v) is 14.0. The number of aliphatic hydroxyl groups excluding tert-OH is 1. The lowest BCUT2D eigenvalue weighted by Crippen LogP contribution is -2.61. The molecule has 8 heteroatoms. The minimum absolute atomic E-state index is 0.0424. The highest BCUT2D eigenvalue weighted by Gasteiger charge is 2.50. The Morgan fingerprint density at radius 2 is 2.25 bits per heavy atom. The number of aryl methyl sites for hydroxylation is 2. The van der Waals surface area contributed by atoms with Crippen LogP contribution in [-0.2, 0) is 11.8 Å². The number of piperidine rings is 2. The van der Waals surface area contributed by atoms with E-state index in [0.717, 1.165) is 23.3 Å². The molecule has 2 aromatic heterocycles. The van der Waals surface area contributed by atoms with E-state index in [9.17, 15) is 9.90 Å². The van der Waals surface area contributed by atoms with Crippen LogP contribution in [0.2, 0.25) is 0 Å². The van der Waals surface area contributed by atoms with E-state index in [1.165, 1.54) is 0 Å². The van der Waals surface area contributed by atoms with E-state index in [2.05, 4.69) is 25.3 Å². The molecule has 0 aliphatic carbocycles. The smallest absolute Gasteiger partial charge is 0.230 e. The first kappa shape index (κ1) is 15.3. The van der Waals surface area contributed by atoms with Crippen LogP contribution >= 0.6 is 0 Å². The van der Waals surface area contributed by atoms with E-state index < -0.39 is 11.5 Å². The topological polar surface area (TPSA) is 96.2 Å². The third-order valence-corrected chi connectivity index (χ3v) is 5.30. The number of fused-ring (bicyclic) bond motifs is 1. The van der Waals surface area contributed by atoms with Crippen molar-refractivity contribution >= 4 is 22.8 Å². The van der Waals surface area contributed by atoms with Gasteiger partial charge < -0.3 is 15.3 Å². The predicted molar refractivity (Wildman–Crippen MR) is 88.6 cm³/mol. The molecule has 1 amide bonds. The van der Waals surface area contributed by atoms with E-state index in [-0.39, 0.29) is 5.91 Å². The molecule has 2 atom stereocenters. The number of carbonyl (C=O) groups excluding carboxylic acids is 1. The molecule has 0 unspecified atom stereocenters. The molecule has 2 N–H and O–H groups in total. The lowest BCUT2D eigenvalue weighted by molar-refractivity contribution is -0.142. The average Bonchev–Trinajstić information content (AvgIpc) is 2.93. The van der Waals surface area contributed by atoms with Crippen LogP contribution in [0.5, 0.6) is 0 Å². The SMILES string of the molecule is Cc1nc(N2CC[C@H](O)[C@@]3(CCCNC3=O)C2)c2cnn(C)c2n1. The summed E-state index contributed by atoms with van der Waals surface area (Å²) >= 11 is 0. The van der Waals surface area contributed by atoms with E-state index >= 15 is 0 Å². The van der Waals surface area contributed by atoms with Gasteiger partial charge in [-0.2, -0.15) is 5.10 Å². The molecule has 1 spiro atoms. The van der Waals surface area contributed by atoms with Crippen LogP contribution in [0.1, 0.15) is 25.1 Å². The Balaban J connectivity index is 1.76. The Kier molecular flexibility index (Phi) is 3.45. The first-order chi connectivity index (χ1) is 11.5. The summed E-state index contributed by atoms with van der Waals surface area (Å²) in [4.78, 5) is 23.7. The molecule has 2 fully saturated rings. The number of nitrogens with one attached hydrogen (secondary N) is 1. The van der Waals surface area contributed by atoms with Crippen molar-refractivity contribution in [3.05, 3.63) is 12.0 Å². The van der Waals surface area contributed by atoms with Gasteiger partial charge >= 0.3 is 0 Å². The molecule has 2 aromatic rings. The molecule has 2 aliphatic rings. The highest BCUT2D eigenvalue weighted by molar-refractivity contribution is 5.89. The van der Waals surface area contributed by atoms with Gasteiger partial charge in [0.15, 0.2) is 5.65 Å². The van der Waals surface area contributed by atoms with Gasteiger partial charge in [-0.25, -0.2) is 9.97 Å². The van der Waals surface area contributed by atoms with Crippen molar-refractivity contribution in [1.82, 2.24) is 25.1 Å². The molecule has 2 aliphatic heterocycles. The second-order valence-corrected chi connectivity index (χ2v) is 6.84. The van der Waals surface area contributed by atoms with Crippen LogP contribution in [-0.4, -0.2) is 56.5 Å². The summed E-state index contributed by atoms with van der Waals surface area (Å²) < 4.78 is 1.73. The fourth-order valence-electron chi connectivity index (χ4n) is 3.98. The maximum atomic E-state index is 12.5. The van der Waals surface area contributed by atoms with Crippen LogP contribution in [0.4, 0.5) is 5.82 Å². The van der Waals surface area contributed by atoms with Crippen molar-refractivity contribution < 1.29 is 9.90 Å². The van der Waals surface area contributed by atoms with Gasteiger partial charge in [0.05, 0.1) is 23.1 Å². The predicted octanol–water partition coefficient (Wildman–Crippen LogP) is 0.139. The fraction of sp³-hybridized carbons (Fsp3) is 0.625. The van der Waals surface area contributed by atoms with Crippen LogP contribution in [0.3, 0.4) is 0 Å². The number of anilines is 1. The lowest BCUT2D eigenvalue weighted by atomic mass is 9.71. The van der Waals surface area contributed by atoms with Gasteiger partial charge in [0.25, 0.3) is 0 Å². The summed E-state index contributed by atoms with van der Waals surface area (Å²) in [5.41, 5.74) is 0.0370. The van der Waals surface area contributed by atoms with Crippen LogP contribution in [0.15, 0.2) is 6.20 Å². The fourth-order valence-corrected chi connectivity index (χ4v) is 3.98. The highest BCUT2D eigenvalue weighted by atomic mass is 16.3. The minimum Gasteiger partial charge on any atom is -0.392 e. The number of hydrogen-bond acceptors (Lipinski definition) is 6. The van der Waals surface area contributed by atoms with Gasteiger partial charge in [-0.05, 0) is 26.2 Å². The van der Waals surface area contributed by atoms with E-state index in [1.54, 1.807) is 10.9 Å². The zero-order chi connectivity index (χ0) is 16.9. The van der Waals surface area contributed by atoms with Crippen molar-refractivity contribution in [1.29, 1.82) is 0 Å². The minimum atomic E-state index is -0.746. The van der Waals surface area contributed by atoms with Crippen molar-refractivity contribution in [3.8, 4) is 0 Å². The van der Waals surface area contributed by atoms with E-state index in [4.69, 9.17) is 0 Å². The number of rotatable bonds is 1. The summed E-state index contributed by atoms with van der Waals surface area (Å²) in [6.07, 6.45) is 3.31. The van der Waals surface area contributed by atoms with Crippen LogP contribution in [0.25, 0.3) is 11.0 Å². The van der Waals surface area contributed by atoms with Crippen molar-refractivity contribution in [3.63, 3.8) is 0 Å². The molecule has 2 saturated heterocycles. The summed E-state index contributed by atoms with van der Waals surface area (Å²) in [6, 6.07) is 0. The molecule has 24 heavy (non-hydrogen) atoms. The van der Waals surface area contributed by atoms with Gasteiger partial charge in [0.2, 0.25) is 5.91 Å². The summed E-state index contributed by atoms with van der Waals surface area (Å²) in [7, 11) is 1.86. The molecule has 128 valence electrons. The Bertz CT molecular complexity index is 803. The standard InChI is InChI=1S/C16H22N6O2/c1-10-19-13-11(8-18-21(13)2)14(20-10)22-7-4-12(23)16(9-22)5-3-6-17-15(16)24/h8,12,23H,3-7,9H2,1-2H3,(H,17,24)/t12-,16+/m0/s1. The Morgan fingerprint density at radius 3 is 3.04 bits per heavy atom. The maximum absolute atomic E-state index is 12.5. The normalized spacial score (nSPS) is 27.7. The van der Waals surface area contributed by atoms with Crippen molar-refractivity contribution in [2.45, 2.75) is 32.3 Å². The first-order valence-electron chi connectivity index (χ1n) is 8.39. The largest absolute Gasteiger partial charge is 0.392 e. The average molecular weight is 330 g/mol. The number of aliphatic hydroxyl groups is 1. The molecule has 4 heterocycles. The number of amides is 1. The first-order valence-corrected chi connectivity index (χ1v) is 8.39. The molecule has 0 bridgehead atoms. The third kappa shape index (κ3) is 2.16. The van der Waals surface area contributed by atoms with Gasteiger partial charge in [0.1, 0.15) is 11.6 Å². The quantitative estimate of drug-likeness (QED) is 0.772. The van der Waals surface area contributed by atoms with Crippen LogP contribution < -0.4 is 10.2 Å². The number of hydrogen-bond donors (Lipinski definition) is 2. The molecule has 8 nitrogen and oxygen atoms in total. The summed E-state index contributed by atoms with van der Waals surface area (Å²) in [5.74, 6) is 1.43. The summed E-state index contributed by atoms with van der Waals surface area (Å²) in [5, 5.41) is 18.6. The molecular formula is C16H22N6O2. The molecule has 0 radical (unpaired) electrons. The zero-order valence-electron chi connectivity index (χ0n) is 14.0. The van der Waals surface area contributed by atoms with Gasteiger partial charge in [-0.15, -0.1) is 0 Å². The molecular weight excluding hydrogens is 308 g/mol. The van der Waals surface area contributed by atoms with E-state index in [0.29, 0.717) is 38.3 Å². The van der Waals surface area contributed by atoms with Gasteiger partial charge in [-0.3, -0.25) is 9.48 Å². The lowest BCUT2D eigenvalue weighted by Gasteiger charge is -2.47. The second-order valence-electron chi connectivity index (χ2n) is 6.84. The Morgan fingerprint density at radius 1 is 1.42 bits per heavy atom. The Labute approximate surface area is 139 Å². The second kappa shape index (κ2) is 5.41. The summed E-state index contributed by atoms with van der Waals surface area (Å²) in [6.45, 7) is 3.68. The number of aromatic nitrogens is 4. The molecule has 4 rings (SSSR count). The van der Waals surface area contributed by atoms with Crippen molar-refractivity contribution in [2.24, 2.45) is 12.5 Å². The van der Waals surface area contributed by atoms with E-state index in [1.807, 2.05) is 14.0 Å². The van der Waals surface area contributed by atoms with Gasteiger partial charge in [0, 0.05) is 26.7 Å². The third-order valence-electron chi connectivity index (χ3n) is 5.30. The Hall–Kier alpha value is -2.22. The molecule has 0 aromatic carbocycles. The monoisotopic (exact) mass is 330 g/mol. The van der Waals surface area contributed by atoms with Crippen molar-refractivity contribution in [2.75, 3.05) is 24.5 Å². The van der Waals surface area contributed by atoms with Crippen LogP contribution in [0, 0.1) is 12.3 Å². The number of nitrogens with zero attached hydrogens (tertiary/aromatic N) is 5. The molecule has 0 saturated carbocycles. The highest BCUT2D eigenvalue weighted by Crippen LogP contribution is 2.39.